The van der Waals surface area contributed by atoms with Gasteiger partial charge in [-0.25, -0.2) is 15.0 Å². The molecular weight excluding hydrogens is 378 g/mol. The molecule has 28 heavy (non-hydrogen) atoms. The van der Waals surface area contributed by atoms with E-state index in [1.54, 1.807) is 12.4 Å². The zero-order valence-electron chi connectivity index (χ0n) is 15.2. The van der Waals surface area contributed by atoms with Gasteiger partial charge in [0.25, 0.3) is 0 Å². The van der Waals surface area contributed by atoms with E-state index in [9.17, 15) is 9.90 Å². The zero-order valence-corrected chi connectivity index (χ0v) is 15.9. The normalized spacial score (nSPS) is 16.9. The molecule has 1 aliphatic rings. The lowest BCUT2D eigenvalue weighted by atomic mass is 9.98. The molecule has 8 heteroatoms. The second-order valence-electron chi connectivity index (χ2n) is 6.86. The number of fused-ring (bicyclic) bond motifs is 1. The number of carbonyl (C=O) groups is 1. The van der Waals surface area contributed by atoms with Gasteiger partial charge in [0.1, 0.15) is 5.82 Å². The first kappa shape index (κ1) is 18.4. The Morgan fingerprint density at radius 1 is 1.25 bits per heavy atom. The summed E-state index contributed by atoms with van der Waals surface area (Å²) in [5, 5.41) is 14.1. The van der Waals surface area contributed by atoms with Crippen LogP contribution >= 0.6 is 11.6 Å². The molecular formula is C20H20ClN5O2. The van der Waals surface area contributed by atoms with Crippen molar-refractivity contribution in [1.29, 1.82) is 0 Å². The molecule has 7 nitrogen and oxygen atoms in total. The first-order valence-electron chi connectivity index (χ1n) is 9.18. The molecule has 4 rings (SSSR count). The number of piperidine rings is 1. The highest BCUT2D eigenvalue weighted by Gasteiger charge is 2.27. The van der Waals surface area contributed by atoms with E-state index < -0.39 is 5.97 Å². The van der Waals surface area contributed by atoms with E-state index in [1.807, 2.05) is 35.2 Å². The average Bonchev–Trinajstić information content (AvgIpc) is 2.73. The first-order valence-corrected chi connectivity index (χ1v) is 9.56. The SMILES string of the molecule is O=C(O)C1CCCN(c2nccc3nc(NCc4ccc(Cl)cc4)ncc23)C1. The molecule has 1 aliphatic heterocycles. The summed E-state index contributed by atoms with van der Waals surface area (Å²) in [6.07, 6.45) is 4.99. The number of nitrogens with one attached hydrogen (secondary N) is 1. The van der Waals surface area contributed by atoms with Crippen molar-refractivity contribution in [3.63, 3.8) is 0 Å². The standard InChI is InChI=1S/C20H20ClN5O2/c21-15-5-3-13(4-6-15)10-23-20-24-11-16-17(25-20)7-8-22-18(16)26-9-1-2-14(12-26)19(27)28/h3-8,11,14H,1-2,9-10,12H2,(H,27,28)(H,23,24,25). The van der Waals surface area contributed by atoms with E-state index in [0.29, 0.717) is 30.5 Å². The summed E-state index contributed by atoms with van der Waals surface area (Å²) in [6, 6.07) is 9.44. The molecule has 1 aromatic carbocycles. The molecule has 1 unspecified atom stereocenters. The molecule has 0 radical (unpaired) electrons. The Morgan fingerprint density at radius 2 is 2.07 bits per heavy atom. The molecule has 0 bridgehead atoms. The fraction of sp³-hybridized carbons (Fsp3) is 0.300. The number of hydrogen-bond acceptors (Lipinski definition) is 6. The van der Waals surface area contributed by atoms with Crippen molar-refractivity contribution in [2.75, 3.05) is 23.3 Å². The Bertz CT molecular complexity index is 996. The zero-order chi connectivity index (χ0) is 19.5. The number of carboxylic acid groups (broad SMARTS) is 1. The van der Waals surface area contributed by atoms with E-state index in [0.717, 1.165) is 35.2 Å². The highest BCUT2D eigenvalue weighted by Crippen LogP contribution is 2.28. The second kappa shape index (κ2) is 7.98. The van der Waals surface area contributed by atoms with Crippen molar-refractivity contribution in [3.8, 4) is 0 Å². The van der Waals surface area contributed by atoms with Crippen molar-refractivity contribution in [2.45, 2.75) is 19.4 Å². The Kier molecular flexibility index (Phi) is 5.25. The molecule has 0 spiro atoms. The van der Waals surface area contributed by atoms with Gasteiger partial charge >= 0.3 is 5.97 Å². The summed E-state index contributed by atoms with van der Waals surface area (Å²) in [6.45, 7) is 1.83. The predicted octanol–water partition coefficient (Wildman–Crippen LogP) is 3.59. The van der Waals surface area contributed by atoms with E-state index >= 15 is 0 Å². The summed E-state index contributed by atoms with van der Waals surface area (Å²) in [5.41, 5.74) is 1.85. The van der Waals surface area contributed by atoms with Crippen LogP contribution in [0.4, 0.5) is 11.8 Å². The van der Waals surface area contributed by atoms with Crippen molar-refractivity contribution in [3.05, 3.63) is 53.3 Å². The van der Waals surface area contributed by atoms with Crippen molar-refractivity contribution < 1.29 is 9.90 Å². The number of nitrogens with zero attached hydrogens (tertiary/aromatic N) is 4. The van der Waals surface area contributed by atoms with Gasteiger partial charge in [0.2, 0.25) is 5.95 Å². The van der Waals surface area contributed by atoms with Crippen LogP contribution in [-0.2, 0) is 11.3 Å². The van der Waals surface area contributed by atoms with Gasteiger partial charge < -0.3 is 15.3 Å². The van der Waals surface area contributed by atoms with Gasteiger partial charge in [-0.1, -0.05) is 23.7 Å². The van der Waals surface area contributed by atoms with Crippen LogP contribution in [0.15, 0.2) is 42.7 Å². The van der Waals surface area contributed by atoms with Gasteiger partial charge in [-0.3, -0.25) is 4.79 Å². The van der Waals surface area contributed by atoms with Crippen LogP contribution in [0, 0.1) is 5.92 Å². The van der Waals surface area contributed by atoms with Crippen LogP contribution < -0.4 is 10.2 Å². The van der Waals surface area contributed by atoms with Gasteiger partial charge in [0.15, 0.2) is 0 Å². The van der Waals surface area contributed by atoms with Gasteiger partial charge in [-0.05, 0) is 36.6 Å². The lowest BCUT2D eigenvalue weighted by molar-refractivity contribution is -0.141. The van der Waals surface area contributed by atoms with Gasteiger partial charge in [0, 0.05) is 37.1 Å². The number of carboxylic acids is 1. The molecule has 1 fully saturated rings. The van der Waals surface area contributed by atoms with Crippen molar-refractivity contribution >= 4 is 40.2 Å². The quantitative estimate of drug-likeness (QED) is 0.679. The lowest BCUT2D eigenvalue weighted by Gasteiger charge is -2.32. The van der Waals surface area contributed by atoms with Crippen LogP contribution in [0.2, 0.25) is 5.02 Å². The van der Waals surface area contributed by atoms with Gasteiger partial charge in [-0.2, -0.15) is 0 Å². The molecule has 3 aromatic rings. The maximum absolute atomic E-state index is 11.4. The predicted molar refractivity (Wildman–Crippen MR) is 109 cm³/mol. The van der Waals surface area contributed by atoms with Crippen LogP contribution in [0.1, 0.15) is 18.4 Å². The molecule has 144 valence electrons. The minimum Gasteiger partial charge on any atom is -0.481 e. The van der Waals surface area contributed by atoms with Gasteiger partial charge in [-0.15, -0.1) is 0 Å². The number of benzene rings is 1. The molecule has 0 aliphatic carbocycles. The Hall–Kier alpha value is -2.93. The van der Waals surface area contributed by atoms with Gasteiger partial charge in [0.05, 0.1) is 16.8 Å². The topological polar surface area (TPSA) is 91.2 Å². The maximum atomic E-state index is 11.4. The third kappa shape index (κ3) is 3.99. The average molecular weight is 398 g/mol. The number of anilines is 2. The lowest BCUT2D eigenvalue weighted by Crippen LogP contribution is -2.39. The smallest absolute Gasteiger partial charge is 0.308 e. The molecule has 0 amide bonds. The summed E-state index contributed by atoms with van der Waals surface area (Å²) in [5.74, 6) is 0.149. The largest absolute Gasteiger partial charge is 0.481 e. The minimum absolute atomic E-state index is 0.368. The Balaban J connectivity index is 1.54. The van der Waals surface area contributed by atoms with Crippen LogP contribution in [-0.4, -0.2) is 39.1 Å². The highest BCUT2D eigenvalue weighted by atomic mass is 35.5. The van der Waals surface area contributed by atoms with Crippen molar-refractivity contribution in [1.82, 2.24) is 15.0 Å². The number of aromatic nitrogens is 3. The monoisotopic (exact) mass is 397 g/mol. The van der Waals surface area contributed by atoms with Crippen molar-refractivity contribution in [2.24, 2.45) is 5.92 Å². The molecule has 2 aromatic heterocycles. The van der Waals surface area contributed by atoms with E-state index in [1.165, 1.54) is 0 Å². The number of hydrogen-bond donors (Lipinski definition) is 2. The minimum atomic E-state index is -0.755. The summed E-state index contributed by atoms with van der Waals surface area (Å²) < 4.78 is 0. The summed E-state index contributed by atoms with van der Waals surface area (Å²) >= 11 is 5.91. The molecule has 3 heterocycles. The summed E-state index contributed by atoms with van der Waals surface area (Å²) in [7, 11) is 0. The third-order valence-electron chi connectivity index (χ3n) is 4.92. The summed E-state index contributed by atoms with van der Waals surface area (Å²) in [4.78, 5) is 26.9. The molecule has 0 saturated carbocycles. The van der Waals surface area contributed by atoms with Crippen LogP contribution in [0.3, 0.4) is 0 Å². The van der Waals surface area contributed by atoms with E-state index in [4.69, 9.17) is 11.6 Å². The number of halogens is 1. The molecule has 2 N–H and O–H groups in total. The first-order chi connectivity index (χ1) is 13.6. The number of rotatable bonds is 5. The highest BCUT2D eigenvalue weighted by molar-refractivity contribution is 6.30. The fourth-order valence-electron chi connectivity index (χ4n) is 3.43. The maximum Gasteiger partial charge on any atom is 0.308 e. The van der Waals surface area contributed by atoms with Crippen LogP contribution in [0.25, 0.3) is 10.9 Å². The van der Waals surface area contributed by atoms with E-state index in [2.05, 4.69) is 20.3 Å². The number of aliphatic carboxylic acids is 1. The Labute approximate surface area is 167 Å². The Morgan fingerprint density at radius 3 is 2.86 bits per heavy atom. The molecule has 1 atom stereocenters. The van der Waals surface area contributed by atoms with Crippen LogP contribution in [0.5, 0.6) is 0 Å². The number of pyridine rings is 1. The second-order valence-corrected chi connectivity index (χ2v) is 7.30. The third-order valence-corrected chi connectivity index (χ3v) is 5.17. The van der Waals surface area contributed by atoms with E-state index in [-0.39, 0.29) is 5.92 Å². The molecule has 1 saturated heterocycles. The fourth-order valence-corrected chi connectivity index (χ4v) is 3.56.